The molecule has 0 radical (unpaired) electrons. The fourth-order valence-corrected chi connectivity index (χ4v) is 4.24. The lowest BCUT2D eigenvalue weighted by atomic mass is 9.99. The summed E-state index contributed by atoms with van der Waals surface area (Å²) in [5.74, 6) is -0.387. The van der Waals surface area contributed by atoms with Crippen molar-refractivity contribution in [3.8, 4) is 28.5 Å². The van der Waals surface area contributed by atoms with E-state index in [1.54, 1.807) is 35.8 Å². The molecular formula is C26H23N7O3. The lowest BCUT2D eigenvalue weighted by Crippen LogP contribution is -2.50. The maximum absolute atomic E-state index is 13.0. The third-order valence-corrected chi connectivity index (χ3v) is 5.92. The molecule has 4 aromatic rings. The molecule has 1 saturated heterocycles. The van der Waals surface area contributed by atoms with E-state index < -0.39 is 11.6 Å². The van der Waals surface area contributed by atoms with Crippen LogP contribution in [-0.4, -0.2) is 50.3 Å². The number of hydrogen-bond donors (Lipinski definition) is 2. The van der Waals surface area contributed by atoms with Gasteiger partial charge in [-0.05, 0) is 56.7 Å². The number of aromatic nitrogens is 4. The van der Waals surface area contributed by atoms with Crippen LogP contribution < -0.4 is 10.6 Å². The van der Waals surface area contributed by atoms with Crippen molar-refractivity contribution in [1.82, 2.24) is 30.2 Å². The van der Waals surface area contributed by atoms with Crippen molar-refractivity contribution in [2.24, 2.45) is 0 Å². The molecule has 10 nitrogen and oxygen atoms in total. The van der Waals surface area contributed by atoms with E-state index in [4.69, 9.17) is 9.84 Å². The molecule has 0 bridgehead atoms. The topological polar surface area (TPSA) is 134 Å². The van der Waals surface area contributed by atoms with Gasteiger partial charge in [0, 0.05) is 29.7 Å². The summed E-state index contributed by atoms with van der Waals surface area (Å²) in [6.07, 6.45) is 1.17. The van der Waals surface area contributed by atoms with Gasteiger partial charge in [-0.25, -0.2) is 14.3 Å². The van der Waals surface area contributed by atoms with Gasteiger partial charge in [0.1, 0.15) is 18.0 Å². The molecule has 0 spiro atoms. The Morgan fingerprint density at radius 1 is 1.19 bits per heavy atom. The molecule has 2 N–H and O–H groups in total. The van der Waals surface area contributed by atoms with E-state index in [2.05, 4.69) is 26.7 Å². The average molecular weight is 482 g/mol. The van der Waals surface area contributed by atoms with Gasteiger partial charge in [-0.2, -0.15) is 10.4 Å². The van der Waals surface area contributed by atoms with Crippen molar-refractivity contribution in [3.63, 3.8) is 0 Å². The number of ether oxygens (including phenoxy) is 1. The zero-order chi connectivity index (χ0) is 25.4. The van der Waals surface area contributed by atoms with Gasteiger partial charge >= 0.3 is 6.09 Å². The summed E-state index contributed by atoms with van der Waals surface area (Å²) in [5.41, 5.74) is 5.19. The number of pyridine rings is 1. The Balaban J connectivity index is 1.60. The van der Waals surface area contributed by atoms with Crippen LogP contribution in [0.2, 0.25) is 0 Å². The first-order valence-electron chi connectivity index (χ1n) is 11.3. The van der Waals surface area contributed by atoms with Gasteiger partial charge < -0.3 is 15.4 Å². The van der Waals surface area contributed by atoms with Crippen LogP contribution in [0.25, 0.3) is 28.0 Å². The maximum atomic E-state index is 13.0. The molecule has 10 heteroatoms. The first-order chi connectivity index (χ1) is 17.2. The average Bonchev–Trinajstić information content (AvgIpc) is 3.41. The van der Waals surface area contributed by atoms with E-state index in [0.29, 0.717) is 16.9 Å². The van der Waals surface area contributed by atoms with Crippen LogP contribution in [-0.2, 0) is 4.74 Å². The van der Waals surface area contributed by atoms with Crippen LogP contribution in [0.5, 0.6) is 0 Å². The van der Waals surface area contributed by atoms with Crippen LogP contribution in [0.4, 0.5) is 4.79 Å². The number of carbonyl (C=O) groups excluding carboxylic acids is 2. The molecule has 1 fully saturated rings. The highest BCUT2D eigenvalue weighted by Crippen LogP contribution is 2.35. The number of hydrogen-bond acceptors (Lipinski definition) is 7. The Bertz CT molecular complexity index is 1550. The number of cyclic esters (lactones) is 1. The number of fused-ring (bicyclic) bond motifs is 1. The van der Waals surface area contributed by atoms with Crippen molar-refractivity contribution in [1.29, 1.82) is 5.26 Å². The largest absolute Gasteiger partial charge is 0.447 e. The third kappa shape index (κ3) is 4.34. The number of alkyl carbamates (subject to hydrolysis) is 1. The summed E-state index contributed by atoms with van der Waals surface area (Å²) in [7, 11) is 0. The molecule has 1 aliphatic rings. The highest BCUT2D eigenvalue weighted by Gasteiger charge is 2.35. The molecule has 3 aromatic heterocycles. The molecule has 1 aliphatic heterocycles. The van der Waals surface area contributed by atoms with E-state index in [1.807, 2.05) is 38.1 Å². The summed E-state index contributed by atoms with van der Waals surface area (Å²) < 4.78 is 6.58. The molecule has 0 aliphatic carbocycles. The second-order valence-corrected chi connectivity index (χ2v) is 9.08. The number of nitriles is 1. The minimum Gasteiger partial charge on any atom is -0.447 e. The minimum absolute atomic E-state index is 0.164. The predicted molar refractivity (Wildman–Crippen MR) is 131 cm³/mol. The third-order valence-electron chi connectivity index (χ3n) is 5.92. The SMILES string of the molecule is Cc1cc(-c2c(-c3cccc(C#N)c3)nn3ccc(C(=O)NCC4(C)COC(=O)N4)nc23)cc(C)n1. The van der Waals surface area contributed by atoms with E-state index in [0.717, 1.165) is 28.1 Å². The van der Waals surface area contributed by atoms with Crippen molar-refractivity contribution >= 4 is 17.6 Å². The van der Waals surface area contributed by atoms with Crippen molar-refractivity contribution in [3.05, 3.63) is 71.3 Å². The molecular weight excluding hydrogens is 458 g/mol. The first-order valence-corrected chi connectivity index (χ1v) is 11.3. The Hall–Kier alpha value is -4.78. The summed E-state index contributed by atoms with van der Waals surface area (Å²) in [5, 5.41) is 19.7. The number of rotatable bonds is 5. The summed E-state index contributed by atoms with van der Waals surface area (Å²) in [6, 6.07) is 14.9. The minimum atomic E-state index is -0.691. The standard InChI is InChI=1S/C26H23N7O3/c1-15-9-19(10-16(2)29-15)21-22(18-6-4-5-17(11-18)12-27)32-33-8-7-20(30-23(21)33)24(34)28-13-26(3)14-36-25(35)31-26/h4-11H,13-14H2,1-3H3,(H,28,34)(H,31,35). The predicted octanol–water partition coefficient (Wildman–Crippen LogP) is 3.18. The smallest absolute Gasteiger partial charge is 0.407 e. The van der Waals surface area contributed by atoms with Crippen molar-refractivity contribution in [2.45, 2.75) is 26.3 Å². The first kappa shape index (κ1) is 23.0. The summed E-state index contributed by atoms with van der Waals surface area (Å²) >= 11 is 0. The zero-order valence-electron chi connectivity index (χ0n) is 20.0. The van der Waals surface area contributed by atoms with Gasteiger partial charge in [0.2, 0.25) is 0 Å². The number of nitrogens with one attached hydrogen (secondary N) is 2. The lowest BCUT2D eigenvalue weighted by Gasteiger charge is -2.21. The Kier molecular flexibility index (Phi) is 5.60. The number of benzene rings is 1. The van der Waals surface area contributed by atoms with E-state index in [9.17, 15) is 14.9 Å². The quantitative estimate of drug-likeness (QED) is 0.447. The van der Waals surface area contributed by atoms with Gasteiger partial charge in [0.15, 0.2) is 5.65 Å². The summed E-state index contributed by atoms with van der Waals surface area (Å²) in [6.45, 7) is 5.97. The number of amides is 2. The Labute approximate surface area is 206 Å². The highest BCUT2D eigenvalue weighted by molar-refractivity contribution is 5.95. The normalized spacial score (nSPS) is 16.9. The van der Waals surface area contributed by atoms with Crippen LogP contribution in [0, 0.1) is 25.2 Å². The van der Waals surface area contributed by atoms with Gasteiger partial charge in [0.05, 0.1) is 22.7 Å². The van der Waals surface area contributed by atoms with Crippen LogP contribution in [0.1, 0.15) is 34.4 Å². The molecule has 2 amide bonds. The van der Waals surface area contributed by atoms with Crippen LogP contribution in [0.15, 0.2) is 48.7 Å². The fraction of sp³-hybridized carbons (Fsp3) is 0.231. The van der Waals surface area contributed by atoms with Gasteiger partial charge in [-0.15, -0.1) is 0 Å². The molecule has 1 atom stereocenters. The second kappa shape index (κ2) is 8.78. The van der Waals surface area contributed by atoms with Crippen molar-refractivity contribution < 1.29 is 14.3 Å². The number of nitrogens with zero attached hydrogens (tertiary/aromatic N) is 5. The van der Waals surface area contributed by atoms with E-state index >= 15 is 0 Å². The monoisotopic (exact) mass is 481 g/mol. The Morgan fingerprint density at radius 2 is 1.97 bits per heavy atom. The van der Waals surface area contributed by atoms with Crippen LogP contribution >= 0.6 is 0 Å². The molecule has 5 rings (SSSR count). The maximum Gasteiger partial charge on any atom is 0.407 e. The highest BCUT2D eigenvalue weighted by atomic mass is 16.6. The summed E-state index contributed by atoms with van der Waals surface area (Å²) in [4.78, 5) is 33.5. The van der Waals surface area contributed by atoms with E-state index in [1.165, 1.54) is 0 Å². The van der Waals surface area contributed by atoms with Gasteiger partial charge in [0.25, 0.3) is 5.91 Å². The Morgan fingerprint density at radius 3 is 2.67 bits per heavy atom. The number of carbonyl (C=O) groups is 2. The number of aryl methyl sites for hydroxylation is 2. The van der Waals surface area contributed by atoms with Gasteiger partial charge in [-0.3, -0.25) is 9.78 Å². The molecule has 4 heterocycles. The fourth-order valence-electron chi connectivity index (χ4n) is 4.24. The van der Waals surface area contributed by atoms with E-state index in [-0.39, 0.29) is 24.8 Å². The van der Waals surface area contributed by atoms with Gasteiger partial charge in [-0.1, -0.05) is 12.1 Å². The van der Waals surface area contributed by atoms with Crippen LogP contribution in [0.3, 0.4) is 0 Å². The molecule has 1 aromatic carbocycles. The molecule has 0 saturated carbocycles. The lowest BCUT2D eigenvalue weighted by molar-refractivity contribution is 0.0936. The second-order valence-electron chi connectivity index (χ2n) is 9.08. The molecule has 1 unspecified atom stereocenters. The molecule has 180 valence electrons. The molecule has 36 heavy (non-hydrogen) atoms. The zero-order valence-corrected chi connectivity index (χ0v) is 20.0. The van der Waals surface area contributed by atoms with Crippen molar-refractivity contribution in [2.75, 3.05) is 13.2 Å².